The maximum atomic E-state index is 10.2. The number of rotatable bonds is 11. The van der Waals surface area contributed by atoms with Gasteiger partial charge in [0.05, 0.1) is 12.2 Å². The molecule has 0 amide bonds. The van der Waals surface area contributed by atoms with E-state index >= 15 is 0 Å². The van der Waals surface area contributed by atoms with Crippen LogP contribution in [-0.4, -0.2) is 40.6 Å². The van der Waals surface area contributed by atoms with Gasteiger partial charge in [-0.1, -0.05) is 207 Å². The smallest absolute Gasteiger partial charge is 0.261 e. The van der Waals surface area contributed by atoms with Gasteiger partial charge < -0.3 is 14.0 Å². The van der Waals surface area contributed by atoms with Crippen molar-refractivity contribution >= 4 is 37.4 Å². The highest BCUT2D eigenvalue weighted by Crippen LogP contribution is 2.59. The Labute approximate surface area is 358 Å². The molecular weight excluding hydrogens is 753 g/mol. The first-order valence-electron chi connectivity index (χ1n) is 22.4. The van der Waals surface area contributed by atoms with E-state index in [9.17, 15) is 5.11 Å². The fraction of sp³-hybridized carbons (Fsp3) is 0.444. The molecule has 3 aliphatic rings. The lowest BCUT2D eigenvalue weighted by molar-refractivity contribution is 0.0690. The van der Waals surface area contributed by atoms with E-state index in [1.54, 1.807) is 5.57 Å². The first-order valence-corrected chi connectivity index (χ1v) is 26.2. The highest BCUT2D eigenvalue weighted by atomic mass is 28.4. The Bertz CT molecular complexity index is 1880. The number of allylic oxidation sites excluding steroid dienone is 3. The van der Waals surface area contributed by atoms with Crippen LogP contribution in [0.3, 0.4) is 0 Å². The normalized spacial score (nSPS) is 25.5. The first-order chi connectivity index (χ1) is 28.2. The van der Waals surface area contributed by atoms with Crippen LogP contribution in [0.4, 0.5) is 0 Å². The molecule has 0 saturated heterocycles. The van der Waals surface area contributed by atoms with E-state index < -0.39 is 16.6 Å². The Morgan fingerprint density at radius 3 is 1.46 bits per heavy atom. The van der Waals surface area contributed by atoms with Gasteiger partial charge in [-0.25, -0.2) is 0 Å². The second-order valence-electron chi connectivity index (χ2n) is 20.3. The summed E-state index contributed by atoms with van der Waals surface area (Å²) in [6, 6.07) is 44.2. The fourth-order valence-electron chi connectivity index (χ4n) is 11.8. The minimum atomic E-state index is -2.93. The number of aliphatic hydroxyl groups is 1. The lowest BCUT2D eigenvalue weighted by Gasteiger charge is -2.50. The van der Waals surface area contributed by atoms with Crippen LogP contribution in [0.5, 0.6) is 0 Å². The fourth-order valence-corrected chi connectivity index (χ4v) is 21.1. The zero-order valence-corrected chi connectivity index (χ0v) is 39.2. The number of aliphatic hydroxyl groups excluding tert-OH is 1. The molecule has 0 aliphatic heterocycles. The van der Waals surface area contributed by atoms with Gasteiger partial charge in [-0.2, -0.15) is 0 Å². The van der Waals surface area contributed by atoms with Crippen LogP contribution >= 0.6 is 0 Å². The van der Waals surface area contributed by atoms with E-state index in [0.29, 0.717) is 17.8 Å². The molecule has 1 N–H and O–H groups in total. The van der Waals surface area contributed by atoms with E-state index in [1.807, 2.05) is 0 Å². The quantitative estimate of drug-likeness (QED) is 0.121. The molecule has 0 radical (unpaired) electrons. The molecule has 0 spiro atoms. The van der Waals surface area contributed by atoms with Gasteiger partial charge in [0, 0.05) is 6.61 Å². The van der Waals surface area contributed by atoms with Crippen LogP contribution < -0.4 is 20.7 Å². The zero-order valence-electron chi connectivity index (χ0n) is 37.2. The molecule has 0 unspecified atom stereocenters. The second-order valence-corrected chi connectivity index (χ2v) is 28.9. The molecule has 3 aliphatic carbocycles. The number of hydrogen-bond donors (Lipinski definition) is 1. The van der Waals surface area contributed by atoms with Crippen LogP contribution in [0.25, 0.3) is 0 Å². The third kappa shape index (κ3) is 8.15. The van der Waals surface area contributed by atoms with E-state index in [1.165, 1.54) is 52.0 Å². The largest absolute Gasteiger partial charge is 0.400 e. The SMILES string of the molecule is C=C1[C@H](O[Si](c2ccccc2)(c2ccccc2)C(C)(C)C)CC(=C/C=C2\CCC[C@]3(C)[C@@H]([C@H](C)CO)CC[C@@H]23)C[C@H]1O[Si](c1ccccc1)(c1ccccc1)C(C)(C)C. The molecule has 312 valence electrons. The van der Waals surface area contributed by atoms with E-state index in [4.69, 9.17) is 15.4 Å². The standard InChI is InChI=1S/C54H70O3Si2/c1-40(39-55)48-34-35-49-43(23-22-36-54(48,49)9)33-32-42-37-50(56-58(52(3,4)5,44-24-14-10-15-25-44)45-26-16-11-17-27-45)41(2)51(38-42)57-59(53(6,7)8,46-28-18-12-19-29-46)47-30-20-13-21-31-47/h10-21,24-33,40,48-51,55H,2,22-23,34-39H2,1,3-9H3/b43-33+/t40-,48-,49+,50-,51-,54-/m1/s1. The summed E-state index contributed by atoms with van der Waals surface area (Å²) in [5.74, 6) is 1.48. The Morgan fingerprint density at radius 2 is 1.08 bits per heavy atom. The number of benzene rings is 4. The molecule has 6 atom stereocenters. The molecule has 5 heteroatoms. The molecule has 3 nitrogen and oxygen atoms in total. The van der Waals surface area contributed by atoms with Crippen molar-refractivity contribution in [2.24, 2.45) is 23.2 Å². The predicted octanol–water partition coefficient (Wildman–Crippen LogP) is 10.9. The maximum absolute atomic E-state index is 10.2. The van der Waals surface area contributed by atoms with Crippen molar-refractivity contribution < 1.29 is 14.0 Å². The number of hydrogen-bond acceptors (Lipinski definition) is 3. The van der Waals surface area contributed by atoms with E-state index in [0.717, 1.165) is 24.8 Å². The van der Waals surface area contributed by atoms with Gasteiger partial charge >= 0.3 is 0 Å². The predicted molar refractivity (Wildman–Crippen MR) is 254 cm³/mol. The topological polar surface area (TPSA) is 38.7 Å². The molecule has 3 saturated carbocycles. The summed E-state index contributed by atoms with van der Waals surface area (Å²) in [4.78, 5) is 0. The van der Waals surface area contributed by atoms with Gasteiger partial charge in [0.15, 0.2) is 0 Å². The molecule has 59 heavy (non-hydrogen) atoms. The van der Waals surface area contributed by atoms with Crippen molar-refractivity contribution in [2.75, 3.05) is 6.61 Å². The summed E-state index contributed by atoms with van der Waals surface area (Å²) in [7, 11) is -5.87. The van der Waals surface area contributed by atoms with Gasteiger partial charge in [0.25, 0.3) is 16.6 Å². The molecular formula is C54H70O3Si2. The summed E-state index contributed by atoms with van der Waals surface area (Å²) in [5.41, 5.74) is 4.27. The van der Waals surface area contributed by atoms with Crippen molar-refractivity contribution in [1.29, 1.82) is 0 Å². The van der Waals surface area contributed by atoms with Gasteiger partial charge in [-0.15, -0.1) is 0 Å². The average Bonchev–Trinajstić information content (AvgIpc) is 3.59. The molecule has 4 aromatic carbocycles. The Morgan fingerprint density at radius 1 is 0.678 bits per heavy atom. The van der Waals surface area contributed by atoms with Crippen LogP contribution in [0.1, 0.15) is 100 Å². The van der Waals surface area contributed by atoms with E-state index in [-0.39, 0.29) is 34.3 Å². The summed E-state index contributed by atoms with van der Waals surface area (Å²) >= 11 is 0. The third-order valence-electron chi connectivity index (χ3n) is 14.7. The van der Waals surface area contributed by atoms with E-state index in [2.05, 4.69) is 189 Å². The molecule has 4 aromatic rings. The Kier molecular flexibility index (Phi) is 12.8. The lowest BCUT2D eigenvalue weighted by Crippen LogP contribution is -2.69. The lowest BCUT2D eigenvalue weighted by atomic mass is 9.61. The second kappa shape index (κ2) is 17.4. The van der Waals surface area contributed by atoms with Crippen LogP contribution in [0.2, 0.25) is 10.1 Å². The Hall–Kier alpha value is -3.59. The average molecular weight is 823 g/mol. The molecule has 7 rings (SSSR count). The van der Waals surface area contributed by atoms with Gasteiger partial charge in [-0.3, -0.25) is 0 Å². The summed E-state index contributed by atoms with van der Waals surface area (Å²) < 4.78 is 16.0. The van der Waals surface area contributed by atoms with Crippen LogP contribution in [-0.2, 0) is 8.85 Å². The minimum Gasteiger partial charge on any atom is -0.400 e. The van der Waals surface area contributed by atoms with Crippen LogP contribution in [0, 0.1) is 23.2 Å². The minimum absolute atomic E-state index is 0.176. The monoisotopic (exact) mass is 822 g/mol. The number of fused-ring (bicyclic) bond motifs is 1. The molecule has 0 bridgehead atoms. The summed E-state index contributed by atoms with van der Waals surface area (Å²) in [6.45, 7) is 24.3. The van der Waals surface area contributed by atoms with Gasteiger partial charge in [0.2, 0.25) is 0 Å². The van der Waals surface area contributed by atoms with Gasteiger partial charge in [0.1, 0.15) is 0 Å². The van der Waals surface area contributed by atoms with Gasteiger partial charge in [-0.05, 0) is 105 Å². The Balaban J connectivity index is 1.37. The van der Waals surface area contributed by atoms with Crippen molar-refractivity contribution in [3.05, 3.63) is 157 Å². The highest BCUT2D eigenvalue weighted by Gasteiger charge is 2.56. The highest BCUT2D eigenvalue weighted by molar-refractivity contribution is 7.00. The third-order valence-corrected chi connectivity index (χ3v) is 24.8. The van der Waals surface area contributed by atoms with Crippen LogP contribution in [0.15, 0.2) is 157 Å². The van der Waals surface area contributed by atoms with Crippen molar-refractivity contribution in [1.82, 2.24) is 0 Å². The van der Waals surface area contributed by atoms with Crippen molar-refractivity contribution in [3.63, 3.8) is 0 Å². The first kappa shape index (κ1) is 43.5. The van der Waals surface area contributed by atoms with Crippen molar-refractivity contribution in [3.8, 4) is 0 Å². The summed E-state index contributed by atoms with van der Waals surface area (Å²) in [5, 5.41) is 15.0. The van der Waals surface area contributed by atoms with Crippen molar-refractivity contribution in [2.45, 2.75) is 123 Å². The molecule has 3 fully saturated rings. The summed E-state index contributed by atoms with van der Waals surface area (Å²) in [6.07, 6.45) is 12.1. The molecule has 0 heterocycles. The zero-order chi connectivity index (χ0) is 42.1. The molecule has 0 aromatic heterocycles. The maximum Gasteiger partial charge on any atom is 0.261 e.